The lowest BCUT2D eigenvalue weighted by Gasteiger charge is -2.21. The molecule has 37 heavy (non-hydrogen) atoms. The van der Waals surface area contributed by atoms with Crippen molar-refractivity contribution in [3.05, 3.63) is 108 Å². The number of aromatic nitrogens is 1. The number of fused-ring (bicyclic) bond motifs is 1. The van der Waals surface area contributed by atoms with Crippen LogP contribution in [-0.4, -0.2) is 41.3 Å². The van der Waals surface area contributed by atoms with Crippen LogP contribution in [0.3, 0.4) is 0 Å². The normalized spacial score (nSPS) is 12.5. The summed E-state index contributed by atoms with van der Waals surface area (Å²) in [4.78, 5) is 41.9. The van der Waals surface area contributed by atoms with Crippen LogP contribution in [0.25, 0.3) is 10.9 Å². The van der Waals surface area contributed by atoms with E-state index in [0.717, 1.165) is 27.6 Å². The maximum Gasteiger partial charge on any atom is 0.242 e. The predicted molar refractivity (Wildman–Crippen MR) is 145 cm³/mol. The van der Waals surface area contributed by atoms with Gasteiger partial charge in [0.2, 0.25) is 17.7 Å². The minimum Gasteiger partial charge on any atom is -0.361 e. The Morgan fingerprint density at radius 2 is 1.43 bits per heavy atom. The Morgan fingerprint density at radius 1 is 0.784 bits per heavy atom. The highest BCUT2D eigenvalue weighted by Gasteiger charge is 2.25. The third-order valence-corrected chi connectivity index (χ3v) is 6.27. The van der Waals surface area contributed by atoms with E-state index < -0.39 is 18.0 Å². The lowest BCUT2D eigenvalue weighted by Crippen LogP contribution is -2.54. The Balaban J connectivity index is 1.40. The van der Waals surface area contributed by atoms with Crippen molar-refractivity contribution in [1.29, 1.82) is 0 Å². The molecule has 0 aliphatic rings. The quantitative estimate of drug-likeness (QED) is 0.256. The Morgan fingerprint density at radius 3 is 2.16 bits per heavy atom. The lowest BCUT2D eigenvalue weighted by atomic mass is 10.0. The van der Waals surface area contributed by atoms with E-state index in [1.54, 1.807) is 6.92 Å². The molecule has 0 aliphatic heterocycles. The first-order valence-electron chi connectivity index (χ1n) is 12.5. The van der Waals surface area contributed by atoms with Crippen molar-refractivity contribution in [1.82, 2.24) is 20.9 Å². The third-order valence-electron chi connectivity index (χ3n) is 6.27. The predicted octanol–water partition coefficient (Wildman–Crippen LogP) is 3.30. The number of rotatable bonds is 11. The minimum atomic E-state index is -0.795. The molecule has 3 aromatic carbocycles. The van der Waals surface area contributed by atoms with Gasteiger partial charge < -0.3 is 20.9 Å². The number of hydrogen-bond acceptors (Lipinski definition) is 3. The standard InChI is InChI=1S/C30H32N4O3/c1-21(33-28(35)18-23-12-6-3-7-13-23)29(36)34-27(19-24-20-32-26-15-9-8-14-25(24)26)30(37)31-17-16-22-10-4-2-5-11-22/h2-15,20-21,27,32H,16-19H2,1H3,(H,31,37)(H,33,35)(H,34,36). The van der Waals surface area contributed by atoms with Crippen molar-refractivity contribution < 1.29 is 14.4 Å². The topological polar surface area (TPSA) is 103 Å². The van der Waals surface area contributed by atoms with Gasteiger partial charge in [-0.3, -0.25) is 14.4 Å². The molecule has 0 aliphatic carbocycles. The zero-order valence-corrected chi connectivity index (χ0v) is 20.9. The number of carbonyl (C=O) groups excluding carboxylic acids is 3. The molecule has 4 aromatic rings. The molecule has 0 saturated carbocycles. The van der Waals surface area contributed by atoms with Crippen LogP contribution in [0.2, 0.25) is 0 Å². The van der Waals surface area contributed by atoms with Crippen LogP contribution in [-0.2, 0) is 33.6 Å². The van der Waals surface area contributed by atoms with Crippen LogP contribution in [0.4, 0.5) is 0 Å². The van der Waals surface area contributed by atoms with E-state index in [9.17, 15) is 14.4 Å². The highest BCUT2D eigenvalue weighted by Crippen LogP contribution is 2.19. The van der Waals surface area contributed by atoms with Gasteiger partial charge in [-0.2, -0.15) is 0 Å². The minimum absolute atomic E-state index is 0.178. The van der Waals surface area contributed by atoms with Gasteiger partial charge in [0.15, 0.2) is 0 Å². The van der Waals surface area contributed by atoms with Crippen LogP contribution in [0.15, 0.2) is 91.1 Å². The monoisotopic (exact) mass is 496 g/mol. The van der Waals surface area contributed by atoms with Gasteiger partial charge in [0, 0.05) is 30.1 Å². The average molecular weight is 497 g/mol. The molecule has 0 radical (unpaired) electrons. The average Bonchev–Trinajstić information content (AvgIpc) is 3.32. The van der Waals surface area contributed by atoms with E-state index in [4.69, 9.17) is 0 Å². The van der Waals surface area contributed by atoms with Gasteiger partial charge in [-0.1, -0.05) is 78.9 Å². The summed E-state index contributed by atoms with van der Waals surface area (Å²) in [6, 6.07) is 25.5. The van der Waals surface area contributed by atoms with Crippen molar-refractivity contribution >= 4 is 28.6 Å². The van der Waals surface area contributed by atoms with Crippen molar-refractivity contribution in [2.45, 2.75) is 38.3 Å². The first kappa shape index (κ1) is 25.7. The van der Waals surface area contributed by atoms with E-state index in [0.29, 0.717) is 19.4 Å². The fourth-order valence-electron chi connectivity index (χ4n) is 4.26. The number of H-pyrrole nitrogens is 1. The Labute approximate surface area is 216 Å². The molecular formula is C30H32N4O3. The van der Waals surface area contributed by atoms with E-state index in [1.165, 1.54) is 0 Å². The molecular weight excluding hydrogens is 464 g/mol. The van der Waals surface area contributed by atoms with Gasteiger partial charge in [-0.25, -0.2) is 0 Å². The van der Waals surface area contributed by atoms with Crippen molar-refractivity contribution in [3.8, 4) is 0 Å². The number of aromatic amines is 1. The van der Waals surface area contributed by atoms with Crippen LogP contribution < -0.4 is 16.0 Å². The van der Waals surface area contributed by atoms with Crippen molar-refractivity contribution in [3.63, 3.8) is 0 Å². The maximum atomic E-state index is 13.2. The third kappa shape index (κ3) is 7.30. The van der Waals surface area contributed by atoms with Crippen LogP contribution in [0.1, 0.15) is 23.6 Å². The summed E-state index contributed by atoms with van der Waals surface area (Å²) in [6.45, 7) is 2.07. The molecule has 2 atom stereocenters. The van der Waals surface area contributed by atoms with Gasteiger partial charge in [0.05, 0.1) is 6.42 Å². The molecule has 3 amide bonds. The van der Waals surface area contributed by atoms with E-state index in [-0.39, 0.29) is 18.2 Å². The Bertz CT molecular complexity index is 1330. The second-order valence-electron chi connectivity index (χ2n) is 9.10. The summed E-state index contributed by atoms with van der Waals surface area (Å²) in [6.07, 6.45) is 3.05. The summed E-state index contributed by atoms with van der Waals surface area (Å²) < 4.78 is 0. The molecule has 4 N–H and O–H groups in total. The zero-order chi connectivity index (χ0) is 26.0. The molecule has 0 fully saturated rings. The van der Waals surface area contributed by atoms with Crippen LogP contribution >= 0.6 is 0 Å². The maximum absolute atomic E-state index is 13.2. The molecule has 1 heterocycles. The smallest absolute Gasteiger partial charge is 0.242 e. The largest absolute Gasteiger partial charge is 0.361 e. The number of nitrogens with one attached hydrogen (secondary N) is 4. The number of hydrogen-bond donors (Lipinski definition) is 4. The summed E-state index contributed by atoms with van der Waals surface area (Å²) in [5.74, 6) is -0.934. The van der Waals surface area contributed by atoms with E-state index >= 15 is 0 Å². The van der Waals surface area contributed by atoms with Crippen LogP contribution in [0, 0.1) is 0 Å². The van der Waals surface area contributed by atoms with Gasteiger partial charge in [0.25, 0.3) is 0 Å². The van der Waals surface area contributed by atoms with Crippen molar-refractivity contribution in [2.24, 2.45) is 0 Å². The van der Waals surface area contributed by atoms with Gasteiger partial charge >= 0.3 is 0 Å². The Kier molecular flexibility index (Phi) is 8.70. The van der Waals surface area contributed by atoms with Gasteiger partial charge in [0.1, 0.15) is 12.1 Å². The first-order chi connectivity index (χ1) is 18.0. The van der Waals surface area contributed by atoms with E-state index in [2.05, 4.69) is 20.9 Å². The second-order valence-corrected chi connectivity index (χ2v) is 9.10. The highest BCUT2D eigenvalue weighted by molar-refractivity contribution is 5.93. The number of carbonyl (C=O) groups is 3. The molecule has 0 spiro atoms. The number of para-hydroxylation sites is 1. The lowest BCUT2D eigenvalue weighted by molar-refractivity contribution is -0.131. The molecule has 0 bridgehead atoms. The van der Waals surface area contributed by atoms with Gasteiger partial charge in [-0.05, 0) is 36.1 Å². The zero-order valence-electron chi connectivity index (χ0n) is 20.9. The molecule has 4 rings (SSSR count). The SMILES string of the molecule is CC(NC(=O)Cc1ccccc1)C(=O)NC(Cc1c[nH]c2ccccc12)C(=O)NCCc1ccccc1. The molecule has 2 unspecified atom stereocenters. The highest BCUT2D eigenvalue weighted by atomic mass is 16.2. The summed E-state index contributed by atoms with van der Waals surface area (Å²) in [5.41, 5.74) is 3.88. The molecule has 1 aromatic heterocycles. The fraction of sp³-hybridized carbons (Fsp3) is 0.233. The molecule has 190 valence electrons. The molecule has 7 heteroatoms. The fourth-order valence-corrected chi connectivity index (χ4v) is 4.26. The summed E-state index contributed by atoms with van der Waals surface area (Å²) >= 11 is 0. The number of benzene rings is 3. The number of amides is 3. The first-order valence-corrected chi connectivity index (χ1v) is 12.5. The Hall–Kier alpha value is -4.39. The van der Waals surface area contributed by atoms with E-state index in [1.807, 2.05) is 91.1 Å². The van der Waals surface area contributed by atoms with Gasteiger partial charge in [-0.15, -0.1) is 0 Å². The summed E-state index contributed by atoms with van der Waals surface area (Å²) in [5, 5.41) is 9.56. The van der Waals surface area contributed by atoms with Crippen LogP contribution in [0.5, 0.6) is 0 Å². The van der Waals surface area contributed by atoms with Crippen molar-refractivity contribution in [2.75, 3.05) is 6.54 Å². The second kappa shape index (κ2) is 12.5. The molecule has 7 nitrogen and oxygen atoms in total. The molecule has 0 saturated heterocycles. The summed E-state index contributed by atoms with van der Waals surface area (Å²) in [7, 11) is 0.